The maximum atomic E-state index is 11.9. The Balaban J connectivity index is 2.12. The Kier molecular flexibility index (Phi) is 8.03. The van der Waals surface area contributed by atoms with Gasteiger partial charge in [0, 0.05) is 26.7 Å². The maximum absolute atomic E-state index is 11.9. The summed E-state index contributed by atoms with van der Waals surface area (Å²) in [6.45, 7) is 3.27. The van der Waals surface area contributed by atoms with E-state index in [9.17, 15) is 13.2 Å². The van der Waals surface area contributed by atoms with Gasteiger partial charge in [0.05, 0.1) is 5.75 Å². The summed E-state index contributed by atoms with van der Waals surface area (Å²) in [4.78, 5) is 13.7. The van der Waals surface area contributed by atoms with Crippen LogP contribution in [0, 0.1) is 5.92 Å². The molecule has 0 unspecified atom stereocenters. The lowest BCUT2D eigenvalue weighted by Gasteiger charge is -2.27. The van der Waals surface area contributed by atoms with Crippen molar-refractivity contribution in [2.24, 2.45) is 5.92 Å². The standard InChI is InChI=1S/C14H29N3O3S/c1-3-21(19,20)16-11-7-10-15-14(18)17(2)12-13-8-5-4-6-9-13/h13,16H,3-12H2,1-2H3,(H,15,18). The molecular weight excluding hydrogens is 290 g/mol. The molecule has 0 atom stereocenters. The number of amides is 2. The predicted molar refractivity (Wildman–Crippen MR) is 84.7 cm³/mol. The van der Waals surface area contributed by atoms with Gasteiger partial charge in [0.2, 0.25) is 10.0 Å². The molecule has 0 radical (unpaired) electrons. The molecule has 2 N–H and O–H groups in total. The average molecular weight is 319 g/mol. The van der Waals surface area contributed by atoms with Crippen molar-refractivity contribution in [2.45, 2.75) is 45.4 Å². The van der Waals surface area contributed by atoms with E-state index < -0.39 is 10.0 Å². The molecule has 7 heteroatoms. The van der Waals surface area contributed by atoms with Crippen molar-refractivity contribution in [3.8, 4) is 0 Å². The van der Waals surface area contributed by atoms with E-state index in [0.717, 1.165) is 6.54 Å². The van der Waals surface area contributed by atoms with Gasteiger partial charge in [-0.15, -0.1) is 0 Å². The van der Waals surface area contributed by atoms with Gasteiger partial charge in [0.1, 0.15) is 0 Å². The van der Waals surface area contributed by atoms with Crippen LogP contribution in [0.3, 0.4) is 0 Å². The normalized spacial score (nSPS) is 16.7. The van der Waals surface area contributed by atoms with Gasteiger partial charge in [-0.05, 0) is 32.1 Å². The summed E-state index contributed by atoms with van der Waals surface area (Å²) in [7, 11) is -1.31. The molecule has 1 fully saturated rings. The van der Waals surface area contributed by atoms with Crippen molar-refractivity contribution in [3.05, 3.63) is 0 Å². The van der Waals surface area contributed by atoms with Crippen molar-refractivity contribution in [1.29, 1.82) is 0 Å². The second-order valence-corrected chi connectivity index (χ2v) is 7.86. The third kappa shape index (κ3) is 7.66. The molecule has 0 aliphatic heterocycles. The SMILES string of the molecule is CCS(=O)(=O)NCCCNC(=O)N(C)CC1CCCCC1. The lowest BCUT2D eigenvalue weighted by atomic mass is 9.89. The average Bonchev–Trinajstić information content (AvgIpc) is 2.47. The third-order valence-electron chi connectivity index (χ3n) is 3.94. The molecule has 1 aliphatic carbocycles. The molecule has 2 amide bonds. The first-order valence-electron chi connectivity index (χ1n) is 7.91. The molecule has 0 aromatic rings. The lowest BCUT2D eigenvalue weighted by molar-refractivity contribution is 0.192. The first-order valence-corrected chi connectivity index (χ1v) is 9.56. The number of hydrogen-bond acceptors (Lipinski definition) is 3. The molecule has 0 spiro atoms. The van der Waals surface area contributed by atoms with E-state index in [4.69, 9.17) is 0 Å². The Morgan fingerprint density at radius 1 is 1.19 bits per heavy atom. The minimum Gasteiger partial charge on any atom is -0.338 e. The largest absolute Gasteiger partial charge is 0.338 e. The highest BCUT2D eigenvalue weighted by molar-refractivity contribution is 7.89. The van der Waals surface area contributed by atoms with Crippen LogP contribution >= 0.6 is 0 Å². The first kappa shape index (κ1) is 18.2. The van der Waals surface area contributed by atoms with E-state index >= 15 is 0 Å². The zero-order valence-corrected chi connectivity index (χ0v) is 14.0. The summed E-state index contributed by atoms with van der Waals surface area (Å²) in [5.74, 6) is 0.717. The molecular formula is C14H29N3O3S. The molecule has 1 rings (SSSR count). The van der Waals surface area contributed by atoms with Crippen molar-refractivity contribution in [1.82, 2.24) is 14.9 Å². The number of sulfonamides is 1. The van der Waals surface area contributed by atoms with Crippen molar-refractivity contribution in [3.63, 3.8) is 0 Å². The molecule has 124 valence electrons. The lowest BCUT2D eigenvalue weighted by Crippen LogP contribution is -2.41. The number of carbonyl (C=O) groups is 1. The number of urea groups is 1. The Bertz CT molecular complexity index is 406. The van der Waals surface area contributed by atoms with Gasteiger partial charge in [-0.3, -0.25) is 0 Å². The van der Waals surface area contributed by atoms with Gasteiger partial charge in [-0.1, -0.05) is 19.3 Å². The number of nitrogens with one attached hydrogen (secondary N) is 2. The molecule has 0 saturated heterocycles. The van der Waals surface area contributed by atoms with Gasteiger partial charge < -0.3 is 10.2 Å². The van der Waals surface area contributed by atoms with E-state index in [1.165, 1.54) is 32.1 Å². The van der Waals surface area contributed by atoms with Gasteiger partial charge in [-0.2, -0.15) is 0 Å². The molecule has 0 aromatic carbocycles. The highest BCUT2D eigenvalue weighted by Gasteiger charge is 2.17. The van der Waals surface area contributed by atoms with Crippen LogP contribution in [-0.2, 0) is 10.0 Å². The third-order valence-corrected chi connectivity index (χ3v) is 5.34. The van der Waals surface area contributed by atoms with Crippen molar-refractivity contribution < 1.29 is 13.2 Å². The van der Waals surface area contributed by atoms with Crippen LogP contribution in [0.5, 0.6) is 0 Å². The van der Waals surface area contributed by atoms with Gasteiger partial charge in [0.15, 0.2) is 0 Å². The fourth-order valence-electron chi connectivity index (χ4n) is 2.59. The summed E-state index contributed by atoms with van der Waals surface area (Å²) in [5.41, 5.74) is 0. The molecule has 6 nitrogen and oxygen atoms in total. The number of hydrogen-bond donors (Lipinski definition) is 2. The molecule has 0 heterocycles. The summed E-state index contributed by atoms with van der Waals surface area (Å²) in [6, 6.07) is -0.0704. The van der Waals surface area contributed by atoms with Crippen LogP contribution in [0.4, 0.5) is 4.79 Å². The summed E-state index contributed by atoms with van der Waals surface area (Å²) in [6.07, 6.45) is 6.91. The zero-order valence-electron chi connectivity index (χ0n) is 13.2. The smallest absolute Gasteiger partial charge is 0.317 e. The van der Waals surface area contributed by atoms with Crippen LogP contribution in [0.2, 0.25) is 0 Å². The molecule has 1 aliphatic rings. The van der Waals surface area contributed by atoms with E-state index in [-0.39, 0.29) is 11.8 Å². The first-order chi connectivity index (χ1) is 9.94. The minimum atomic E-state index is -3.13. The molecule has 0 aromatic heterocycles. The van der Waals surface area contributed by atoms with Gasteiger partial charge >= 0.3 is 6.03 Å². The minimum absolute atomic E-state index is 0.0704. The second-order valence-electron chi connectivity index (χ2n) is 5.77. The van der Waals surface area contributed by atoms with Gasteiger partial charge in [0.25, 0.3) is 0 Å². The topological polar surface area (TPSA) is 78.5 Å². The fraction of sp³-hybridized carbons (Fsp3) is 0.929. The van der Waals surface area contributed by atoms with Crippen molar-refractivity contribution >= 4 is 16.1 Å². The summed E-state index contributed by atoms with van der Waals surface area (Å²) >= 11 is 0. The zero-order chi connectivity index (χ0) is 15.7. The van der Waals surface area contributed by atoms with E-state index in [0.29, 0.717) is 25.4 Å². The van der Waals surface area contributed by atoms with Crippen molar-refractivity contribution in [2.75, 3.05) is 32.4 Å². The predicted octanol–water partition coefficient (Wildman–Crippen LogP) is 1.54. The number of rotatable bonds is 8. The van der Waals surface area contributed by atoms with E-state index in [1.54, 1.807) is 11.8 Å². The van der Waals surface area contributed by atoms with E-state index in [1.807, 2.05) is 7.05 Å². The van der Waals surface area contributed by atoms with Crippen LogP contribution < -0.4 is 10.0 Å². The molecule has 21 heavy (non-hydrogen) atoms. The second kappa shape index (κ2) is 9.25. The van der Waals surface area contributed by atoms with Crippen LogP contribution in [0.15, 0.2) is 0 Å². The Labute approximate surface area is 128 Å². The highest BCUT2D eigenvalue weighted by Crippen LogP contribution is 2.23. The van der Waals surface area contributed by atoms with Gasteiger partial charge in [-0.25, -0.2) is 17.9 Å². The monoisotopic (exact) mass is 319 g/mol. The van der Waals surface area contributed by atoms with Crippen LogP contribution in [0.1, 0.15) is 45.4 Å². The fourth-order valence-corrected chi connectivity index (χ4v) is 3.25. The summed E-state index contributed by atoms with van der Waals surface area (Å²) in [5, 5.41) is 2.83. The van der Waals surface area contributed by atoms with Crippen LogP contribution in [0.25, 0.3) is 0 Å². The number of carbonyl (C=O) groups excluding carboxylic acids is 1. The van der Waals surface area contributed by atoms with E-state index in [2.05, 4.69) is 10.0 Å². The Hall–Kier alpha value is -0.820. The van der Waals surface area contributed by atoms with Crippen LogP contribution in [-0.4, -0.2) is 51.8 Å². The summed E-state index contributed by atoms with van der Waals surface area (Å²) < 4.78 is 24.9. The molecule has 1 saturated carbocycles. The highest BCUT2D eigenvalue weighted by atomic mass is 32.2. The number of nitrogens with zero attached hydrogens (tertiary/aromatic N) is 1. The Morgan fingerprint density at radius 2 is 1.86 bits per heavy atom. The quantitative estimate of drug-likeness (QED) is 0.666. The maximum Gasteiger partial charge on any atom is 0.317 e. The Morgan fingerprint density at radius 3 is 2.48 bits per heavy atom. The molecule has 0 bridgehead atoms.